The number of sulfonamides is 2. The van der Waals surface area contributed by atoms with Crippen LogP contribution in [0.3, 0.4) is 0 Å². The minimum absolute atomic E-state index is 0. The zero-order valence-corrected chi connectivity index (χ0v) is 27.4. The predicted molar refractivity (Wildman–Crippen MR) is 140 cm³/mol. The number of aromatic nitrogens is 1. The summed E-state index contributed by atoms with van der Waals surface area (Å²) in [4.78, 5) is 24.0. The van der Waals surface area contributed by atoms with Crippen LogP contribution in [-0.4, -0.2) is 39.2 Å². The van der Waals surface area contributed by atoms with Crippen LogP contribution in [-0.2, 0) is 46.1 Å². The minimum Gasteiger partial charge on any atom is -0.545 e. The SMILES string of the molecule is NCc1ccccn1.NS(=O)(=O)c1cc(C(=O)[O-])c(Cl)cc1Cl.NS(=O)(=O)c1cc(C(=O)[O-])c(Cl)cc1Cl.O.[Zn+2]. The first-order valence-corrected chi connectivity index (χ1v) is 14.1. The number of hydrogen-bond acceptors (Lipinski definition) is 10. The molecule has 3 aromatic rings. The van der Waals surface area contributed by atoms with Gasteiger partial charge >= 0.3 is 19.5 Å². The fourth-order valence-electron chi connectivity index (χ4n) is 2.33. The normalized spacial score (nSPS) is 10.4. The number of nitrogens with zero attached hydrogens (tertiary/aromatic N) is 1. The van der Waals surface area contributed by atoms with Crippen molar-refractivity contribution in [2.45, 2.75) is 16.3 Å². The van der Waals surface area contributed by atoms with Crippen LogP contribution in [0.4, 0.5) is 0 Å². The molecule has 0 fully saturated rings. The van der Waals surface area contributed by atoms with Crippen molar-refractivity contribution >= 4 is 78.4 Å². The molecule has 40 heavy (non-hydrogen) atoms. The van der Waals surface area contributed by atoms with Crippen molar-refractivity contribution in [3.8, 4) is 0 Å². The number of carboxylic acids is 2. The molecule has 0 aliphatic rings. The number of benzene rings is 2. The van der Waals surface area contributed by atoms with Crippen molar-refractivity contribution < 1.29 is 61.6 Å². The van der Waals surface area contributed by atoms with E-state index in [-0.39, 0.29) is 45.0 Å². The summed E-state index contributed by atoms with van der Waals surface area (Å²) in [6, 6.07) is 9.18. The van der Waals surface area contributed by atoms with Gasteiger partial charge in [0.1, 0.15) is 9.79 Å². The van der Waals surface area contributed by atoms with Gasteiger partial charge in [-0.15, -0.1) is 0 Å². The number of carbonyl (C=O) groups is 2. The zero-order chi connectivity index (χ0) is 29.4. The van der Waals surface area contributed by atoms with Crippen molar-refractivity contribution in [3.63, 3.8) is 0 Å². The predicted octanol–water partition coefficient (Wildman–Crippen LogP) is -0.278. The summed E-state index contributed by atoms with van der Waals surface area (Å²) in [6.07, 6.45) is 1.74. The average Bonchev–Trinajstić information content (AvgIpc) is 2.78. The van der Waals surface area contributed by atoms with Gasteiger partial charge in [0.05, 0.1) is 37.7 Å². The van der Waals surface area contributed by atoms with E-state index in [2.05, 4.69) is 4.98 Å². The van der Waals surface area contributed by atoms with E-state index in [0.717, 1.165) is 30.0 Å². The number of aromatic carboxylic acids is 2. The number of pyridine rings is 1. The van der Waals surface area contributed by atoms with Gasteiger partial charge in [0.15, 0.2) is 0 Å². The number of halogens is 4. The summed E-state index contributed by atoms with van der Waals surface area (Å²) in [5, 5.41) is 29.8. The molecule has 0 saturated carbocycles. The molecule has 0 aliphatic heterocycles. The fourth-order valence-corrected chi connectivity index (χ4v) is 5.12. The maximum Gasteiger partial charge on any atom is 2.00 e. The number of carboxylic acid groups (broad SMARTS) is 2. The van der Waals surface area contributed by atoms with Crippen molar-refractivity contribution in [3.05, 3.63) is 85.6 Å². The van der Waals surface area contributed by atoms with Crippen LogP contribution in [0.15, 0.2) is 58.5 Å². The Balaban J connectivity index is 0. The summed E-state index contributed by atoms with van der Waals surface area (Å²) in [7, 11) is -8.18. The molecule has 0 aliphatic carbocycles. The van der Waals surface area contributed by atoms with Gasteiger partial charge in [-0.2, -0.15) is 0 Å². The largest absolute Gasteiger partial charge is 2.00 e. The number of primary sulfonamides is 2. The van der Waals surface area contributed by atoms with Crippen LogP contribution in [0, 0.1) is 0 Å². The van der Waals surface area contributed by atoms with E-state index in [9.17, 15) is 36.6 Å². The van der Waals surface area contributed by atoms with Gasteiger partial charge in [0.2, 0.25) is 20.0 Å². The molecule has 1 heterocycles. The summed E-state index contributed by atoms with van der Waals surface area (Å²) < 4.78 is 43.9. The molecule has 0 spiro atoms. The first-order chi connectivity index (χ1) is 17.4. The van der Waals surface area contributed by atoms with Gasteiger partial charge in [-0.05, 0) is 36.4 Å². The molecule has 2 aromatic carbocycles. The Morgan fingerprint density at radius 2 is 1.12 bits per heavy atom. The van der Waals surface area contributed by atoms with E-state index in [1.165, 1.54) is 0 Å². The molecule has 0 bridgehead atoms. The van der Waals surface area contributed by atoms with Gasteiger partial charge in [0.25, 0.3) is 0 Å². The second-order valence-corrected chi connectivity index (χ2v) is 11.4. The number of carbonyl (C=O) groups excluding carboxylic acids is 2. The standard InChI is InChI=1S/2C7H5Cl2NO4S.C6H8N2.H2O.Zn/c2*8-4-2-5(9)6(15(10,13)14)1-3(4)7(11)12;7-5-6-3-1-2-4-8-6;;/h2*1-2H,(H,11,12)(H2,10,13,14);1-4H,5,7H2;1H2;/q;;;;+2/p-2. The summed E-state index contributed by atoms with van der Waals surface area (Å²) in [5.74, 6) is -3.22. The van der Waals surface area contributed by atoms with Crippen molar-refractivity contribution in [1.29, 1.82) is 0 Å². The second kappa shape index (κ2) is 17.1. The first kappa shape index (κ1) is 40.2. The van der Waals surface area contributed by atoms with Gasteiger partial charge in [-0.3, -0.25) is 4.98 Å². The van der Waals surface area contributed by atoms with Crippen LogP contribution in [0.5, 0.6) is 0 Å². The van der Waals surface area contributed by atoms with Crippen molar-refractivity contribution in [2.75, 3.05) is 0 Å². The Labute approximate surface area is 261 Å². The van der Waals surface area contributed by atoms with Gasteiger partial charge in [-0.1, -0.05) is 52.5 Å². The summed E-state index contributed by atoms with van der Waals surface area (Å²) >= 11 is 22.1. The van der Waals surface area contributed by atoms with E-state index in [4.69, 9.17) is 62.4 Å². The van der Waals surface area contributed by atoms with Gasteiger partial charge in [0, 0.05) is 23.9 Å². The van der Waals surface area contributed by atoms with E-state index in [0.29, 0.717) is 6.54 Å². The average molecular weight is 730 g/mol. The third-order valence-corrected chi connectivity index (χ3v) is 7.41. The molecule has 0 atom stereocenters. The molecule has 0 unspecified atom stereocenters. The summed E-state index contributed by atoms with van der Waals surface area (Å²) in [5.41, 5.74) is 5.26. The van der Waals surface area contributed by atoms with Crippen LogP contribution in [0.1, 0.15) is 26.4 Å². The van der Waals surface area contributed by atoms with Crippen LogP contribution in [0.25, 0.3) is 0 Å². The Bertz CT molecular complexity index is 1470. The fraction of sp³-hybridized carbons (Fsp3) is 0.0500. The topological polar surface area (TPSA) is 271 Å². The molecule has 3 rings (SSSR count). The molecule has 0 amide bonds. The zero-order valence-electron chi connectivity index (χ0n) is 19.8. The van der Waals surface area contributed by atoms with Crippen molar-refractivity contribution in [1.82, 2.24) is 4.98 Å². The first-order valence-electron chi connectivity index (χ1n) is 9.46. The third-order valence-electron chi connectivity index (χ3n) is 4.03. The van der Waals surface area contributed by atoms with Crippen molar-refractivity contribution in [2.24, 2.45) is 16.0 Å². The molecule has 20 heteroatoms. The van der Waals surface area contributed by atoms with E-state index in [1.807, 2.05) is 18.2 Å². The number of hydrogen-bond donors (Lipinski definition) is 3. The molecule has 214 valence electrons. The molecule has 1 aromatic heterocycles. The summed E-state index contributed by atoms with van der Waals surface area (Å²) in [6.45, 7) is 0.529. The number of rotatable bonds is 5. The number of nitrogens with two attached hydrogens (primary N) is 3. The van der Waals surface area contributed by atoms with Crippen LogP contribution in [0.2, 0.25) is 20.1 Å². The van der Waals surface area contributed by atoms with E-state index in [1.54, 1.807) is 6.20 Å². The molecule has 13 nitrogen and oxygen atoms in total. The van der Waals surface area contributed by atoms with Crippen LogP contribution < -0.4 is 26.2 Å². The molecular formula is C20H18Cl4N4O9S2Zn. The molecule has 8 N–H and O–H groups in total. The van der Waals surface area contributed by atoms with E-state index >= 15 is 0 Å². The molecule has 0 saturated heterocycles. The Hall–Kier alpha value is -1.95. The maximum atomic E-state index is 11.0. The van der Waals surface area contributed by atoms with Gasteiger partial charge in [-0.25, -0.2) is 27.1 Å². The quantitative estimate of drug-likeness (QED) is 0.289. The Morgan fingerprint density at radius 1 is 0.750 bits per heavy atom. The molecular weight excluding hydrogens is 712 g/mol. The van der Waals surface area contributed by atoms with Gasteiger partial charge < -0.3 is 31.0 Å². The van der Waals surface area contributed by atoms with Crippen LogP contribution >= 0.6 is 46.4 Å². The minimum atomic E-state index is -4.09. The Morgan fingerprint density at radius 3 is 1.35 bits per heavy atom. The smallest absolute Gasteiger partial charge is 0.545 e. The second-order valence-electron chi connectivity index (χ2n) is 6.72. The third kappa shape index (κ3) is 12.3. The monoisotopic (exact) mass is 726 g/mol. The van der Waals surface area contributed by atoms with E-state index < -0.39 is 52.9 Å². The molecule has 0 radical (unpaired) electrons. The maximum absolute atomic E-state index is 11.0. The Kier molecular flexibility index (Phi) is 17.2.